The molecule has 0 aromatic heterocycles. The molecular weight excluding hydrogens is 358 g/mol. The molecule has 1 amide bonds. The summed E-state index contributed by atoms with van der Waals surface area (Å²) in [5.74, 6) is -0.175. The average Bonchev–Trinajstić information content (AvgIpc) is 2.65. The molecule has 0 saturated carbocycles. The minimum atomic E-state index is -0.919. The van der Waals surface area contributed by atoms with E-state index in [4.69, 9.17) is 9.47 Å². The molecule has 2 aromatic carbocycles. The first-order chi connectivity index (χ1) is 13.3. The highest BCUT2D eigenvalue weighted by molar-refractivity contribution is 5.97. The Balaban J connectivity index is 1.70. The standard InChI is InChI=1S/C22H25NO5/c1-15-6-4-7-20(14-15)27-13-5-8-21(25)28-17(3)22(26)23-19-11-9-18(10-12-19)16(2)24/h4,6-7,9-12,14,17H,5,8,13H2,1-3H3,(H,23,26)/t17-/m1/s1. The molecule has 1 atom stereocenters. The molecule has 2 rings (SSSR count). The number of Topliss-reactive ketones (excluding diaryl/α,β-unsaturated/α-hetero) is 1. The van der Waals surface area contributed by atoms with Crippen LogP contribution in [0.15, 0.2) is 48.5 Å². The molecule has 2 aromatic rings. The third-order valence-corrected chi connectivity index (χ3v) is 4.02. The summed E-state index contributed by atoms with van der Waals surface area (Å²) in [7, 11) is 0. The number of benzene rings is 2. The second-order valence-corrected chi connectivity index (χ2v) is 6.52. The van der Waals surface area contributed by atoms with Gasteiger partial charge in [0.1, 0.15) is 5.75 Å². The number of rotatable bonds is 9. The van der Waals surface area contributed by atoms with E-state index < -0.39 is 18.0 Å². The molecule has 28 heavy (non-hydrogen) atoms. The van der Waals surface area contributed by atoms with Crippen LogP contribution in [-0.2, 0) is 14.3 Å². The normalized spacial score (nSPS) is 11.4. The van der Waals surface area contributed by atoms with E-state index >= 15 is 0 Å². The number of aryl methyl sites for hydroxylation is 1. The van der Waals surface area contributed by atoms with E-state index in [0.29, 0.717) is 24.3 Å². The first-order valence-electron chi connectivity index (χ1n) is 9.16. The number of hydrogen-bond donors (Lipinski definition) is 1. The van der Waals surface area contributed by atoms with Gasteiger partial charge >= 0.3 is 5.97 Å². The Bertz CT molecular complexity index is 829. The van der Waals surface area contributed by atoms with Gasteiger partial charge < -0.3 is 14.8 Å². The zero-order valence-electron chi connectivity index (χ0n) is 16.4. The fourth-order valence-corrected chi connectivity index (χ4v) is 2.45. The zero-order valence-corrected chi connectivity index (χ0v) is 16.4. The van der Waals surface area contributed by atoms with Crippen LogP contribution in [0.5, 0.6) is 5.75 Å². The second-order valence-electron chi connectivity index (χ2n) is 6.52. The fraction of sp³-hybridized carbons (Fsp3) is 0.318. The maximum Gasteiger partial charge on any atom is 0.306 e. The first kappa shape index (κ1) is 21.2. The van der Waals surface area contributed by atoms with Crippen LogP contribution in [0.2, 0.25) is 0 Å². The Morgan fingerprint density at radius 2 is 1.79 bits per heavy atom. The summed E-state index contributed by atoms with van der Waals surface area (Å²) in [4.78, 5) is 35.3. The number of anilines is 1. The van der Waals surface area contributed by atoms with Crippen LogP contribution in [0.4, 0.5) is 5.69 Å². The van der Waals surface area contributed by atoms with Crippen LogP contribution in [-0.4, -0.2) is 30.4 Å². The van der Waals surface area contributed by atoms with Crippen molar-refractivity contribution in [3.63, 3.8) is 0 Å². The topological polar surface area (TPSA) is 81.7 Å². The number of esters is 1. The van der Waals surface area contributed by atoms with Crippen molar-refractivity contribution in [3.05, 3.63) is 59.7 Å². The number of carbonyl (C=O) groups is 3. The molecule has 0 aliphatic rings. The van der Waals surface area contributed by atoms with E-state index in [-0.39, 0.29) is 12.2 Å². The molecule has 148 valence electrons. The highest BCUT2D eigenvalue weighted by atomic mass is 16.5. The van der Waals surface area contributed by atoms with Crippen molar-refractivity contribution in [1.82, 2.24) is 0 Å². The van der Waals surface area contributed by atoms with Crippen molar-refractivity contribution in [2.75, 3.05) is 11.9 Å². The van der Waals surface area contributed by atoms with Crippen molar-refractivity contribution in [2.24, 2.45) is 0 Å². The Morgan fingerprint density at radius 3 is 2.43 bits per heavy atom. The monoisotopic (exact) mass is 383 g/mol. The minimum Gasteiger partial charge on any atom is -0.494 e. The lowest BCUT2D eigenvalue weighted by Gasteiger charge is -2.14. The Labute approximate surface area is 164 Å². The minimum absolute atomic E-state index is 0.0495. The molecule has 0 spiro atoms. The summed E-state index contributed by atoms with van der Waals surface area (Å²) < 4.78 is 10.7. The van der Waals surface area contributed by atoms with Crippen LogP contribution in [0.25, 0.3) is 0 Å². The van der Waals surface area contributed by atoms with Crippen LogP contribution in [0.1, 0.15) is 42.6 Å². The quantitative estimate of drug-likeness (QED) is 0.403. The molecule has 0 radical (unpaired) electrons. The molecule has 0 saturated heterocycles. The molecular formula is C22H25NO5. The lowest BCUT2D eigenvalue weighted by molar-refractivity contribution is -0.153. The van der Waals surface area contributed by atoms with E-state index in [0.717, 1.165) is 11.3 Å². The summed E-state index contributed by atoms with van der Waals surface area (Å²) in [5, 5.41) is 2.66. The smallest absolute Gasteiger partial charge is 0.306 e. The third kappa shape index (κ3) is 6.87. The highest BCUT2D eigenvalue weighted by Crippen LogP contribution is 2.13. The maximum atomic E-state index is 12.1. The number of carbonyl (C=O) groups excluding carboxylic acids is 3. The van der Waals surface area contributed by atoms with Gasteiger partial charge in [-0.05, 0) is 69.2 Å². The van der Waals surface area contributed by atoms with Gasteiger partial charge in [-0.2, -0.15) is 0 Å². The number of amides is 1. The Hall–Kier alpha value is -3.15. The van der Waals surface area contributed by atoms with Gasteiger partial charge in [-0.15, -0.1) is 0 Å². The Kier molecular flexibility index (Phi) is 7.75. The predicted octanol–water partition coefficient (Wildman–Crippen LogP) is 3.93. The van der Waals surface area contributed by atoms with Gasteiger partial charge in [0.2, 0.25) is 0 Å². The van der Waals surface area contributed by atoms with Gasteiger partial charge in [-0.1, -0.05) is 12.1 Å². The Morgan fingerprint density at radius 1 is 1.07 bits per heavy atom. The summed E-state index contributed by atoms with van der Waals surface area (Å²) in [5.41, 5.74) is 2.20. The average molecular weight is 383 g/mol. The van der Waals surface area contributed by atoms with Crippen molar-refractivity contribution in [3.8, 4) is 5.75 Å². The van der Waals surface area contributed by atoms with Gasteiger partial charge in [0.15, 0.2) is 11.9 Å². The van der Waals surface area contributed by atoms with E-state index in [2.05, 4.69) is 5.32 Å². The summed E-state index contributed by atoms with van der Waals surface area (Å²) in [6, 6.07) is 14.2. The second kappa shape index (κ2) is 10.3. The fourth-order valence-electron chi connectivity index (χ4n) is 2.45. The molecule has 6 nitrogen and oxygen atoms in total. The molecule has 0 fully saturated rings. The van der Waals surface area contributed by atoms with Crippen molar-refractivity contribution < 1.29 is 23.9 Å². The molecule has 1 N–H and O–H groups in total. The van der Waals surface area contributed by atoms with Gasteiger partial charge in [0.25, 0.3) is 5.91 Å². The van der Waals surface area contributed by atoms with E-state index in [1.54, 1.807) is 24.3 Å². The van der Waals surface area contributed by atoms with E-state index in [9.17, 15) is 14.4 Å². The highest BCUT2D eigenvalue weighted by Gasteiger charge is 2.17. The largest absolute Gasteiger partial charge is 0.494 e. The number of ether oxygens (including phenoxy) is 2. The van der Waals surface area contributed by atoms with E-state index in [1.807, 2.05) is 31.2 Å². The molecule has 0 aliphatic carbocycles. The summed E-state index contributed by atoms with van der Waals surface area (Å²) in [6.45, 7) is 5.36. The van der Waals surface area contributed by atoms with Gasteiger partial charge in [-0.25, -0.2) is 0 Å². The maximum absolute atomic E-state index is 12.1. The third-order valence-electron chi connectivity index (χ3n) is 4.02. The number of ketones is 1. The number of nitrogens with one attached hydrogen (secondary N) is 1. The van der Waals surface area contributed by atoms with Crippen LogP contribution in [0.3, 0.4) is 0 Å². The van der Waals surface area contributed by atoms with Crippen molar-refractivity contribution >= 4 is 23.3 Å². The SMILES string of the molecule is CC(=O)c1ccc(NC(=O)[C@@H](C)OC(=O)CCCOc2cccc(C)c2)cc1. The van der Waals surface area contributed by atoms with Crippen LogP contribution in [0, 0.1) is 6.92 Å². The molecule has 0 aliphatic heterocycles. The summed E-state index contributed by atoms with van der Waals surface area (Å²) >= 11 is 0. The zero-order chi connectivity index (χ0) is 20.5. The molecule has 0 heterocycles. The van der Waals surface area contributed by atoms with E-state index in [1.165, 1.54) is 13.8 Å². The first-order valence-corrected chi connectivity index (χ1v) is 9.16. The number of hydrogen-bond acceptors (Lipinski definition) is 5. The lowest BCUT2D eigenvalue weighted by Crippen LogP contribution is -2.30. The van der Waals surface area contributed by atoms with Crippen molar-refractivity contribution in [1.29, 1.82) is 0 Å². The summed E-state index contributed by atoms with van der Waals surface area (Å²) in [6.07, 6.45) is -0.262. The molecule has 0 bridgehead atoms. The van der Waals surface area contributed by atoms with Crippen LogP contribution < -0.4 is 10.1 Å². The van der Waals surface area contributed by atoms with Crippen LogP contribution >= 0.6 is 0 Å². The van der Waals surface area contributed by atoms with Crippen molar-refractivity contribution in [2.45, 2.75) is 39.7 Å². The molecule has 0 unspecified atom stereocenters. The van der Waals surface area contributed by atoms with Gasteiger partial charge in [0, 0.05) is 17.7 Å². The lowest BCUT2D eigenvalue weighted by atomic mass is 10.1. The molecule has 6 heteroatoms. The predicted molar refractivity (Wildman–Crippen MR) is 107 cm³/mol. The van der Waals surface area contributed by atoms with Gasteiger partial charge in [-0.3, -0.25) is 14.4 Å². The van der Waals surface area contributed by atoms with Gasteiger partial charge in [0.05, 0.1) is 6.61 Å².